The van der Waals surface area contributed by atoms with Crippen LogP contribution in [0.4, 0.5) is 11.6 Å². The minimum Gasteiger partial charge on any atom is -0.386 e. The van der Waals surface area contributed by atoms with Crippen LogP contribution in [0, 0.1) is 0 Å². The van der Waals surface area contributed by atoms with E-state index in [-0.39, 0.29) is 34.0 Å². The molecule has 236 valence electrons. The summed E-state index contributed by atoms with van der Waals surface area (Å²) in [5.41, 5.74) is 12.7. The van der Waals surface area contributed by atoms with Crippen molar-refractivity contribution in [2.75, 3.05) is 24.7 Å². The molecule has 20 nitrogen and oxygen atoms in total. The van der Waals surface area contributed by atoms with Gasteiger partial charge in [0.1, 0.15) is 60.3 Å². The zero-order valence-corrected chi connectivity index (χ0v) is 25.6. The molecular weight excluding hydrogens is 666 g/mol. The number of aliphatic hydroxyl groups is 2. The van der Waals surface area contributed by atoms with Crippen LogP contribution >= 0.6 is 38.1 Å². The van der Waals surface area contributed by atoms with Gasteiger partial charge in [0.2, 0.25) is 0 Å². The van der Waals surface area contributed by atoms with Crippen LogP contribution in [-0.2, 0) is 36.7 Å². The number of thiol groups is 2. The van der Waals surface area contributed by atoms with Crippen molar-refractivity contribution in [1.29, 1.82) is 0 Å². The molecule has 2 unspecified atom stereocenters. The fraction of sp³-hybridized carbons (Fsp3) is 0.500. The predicted molar refractivity (Wildman–Crippen MR) is 154 cm³/mol. The molecule has 0 aromatic carbocycles. The number of nitrogens with zero attached hydrogens (tertiary/aromatic N) is 8. The van der Waals surface area contributed by atoms with Crippen LogP contribution in [0.5, 0.6) is 0 Å². The van der Waals surface area contributed by atoms with Crippen molar-refractivity contribution in [1.82, 2.24) is 39.0 Å². The monoisotopic (exact) mass is 690 g/mol. The largest absolute Gasteiger partial charge is 0.386 e. The van der Waals surface area contributed by atoms with E-state index in [1.54, 1.807) is 0 Å². The fourth-order valence-corrected chi connectivity index (χ4v) is 8.23. The lowest BCUT2D eigenvalue weighted by Gasteiger charge is -2.28. The van der Waals surface area contributed by atoms with Crippen LogP contribution in [0.15, 0.2) is 25.3 Å². The van der Waals surface area contributed by atoms with Crippen molar-refractivity contribution in [3.63, 3.8) is 0 Å². The van der Waals surface area contributed by atoms with Gasteiger partial charge in [0, 0.05) is 0 Å². The van der Waals surface area contributed by atoms with Crippen molar-refractivity contribution in [3.8, 4) is 0 Å². The highest BCUT2D eigenvalue weighted by Crippen LogP contribution is 2.60. The highest BCUT2D eigenvalue weighted by molar-refractivity contribution is 8.44. The van der Waals surface area contributed by atoms with Gasteiger partial charge in [-0.3, -0.25) is 27.2 Å². The van der Waals surface area contributed by atoms with Gasteiger partial charge in [-0.2, -0.15) is 0 Å². The molecule has 0 aliphatic carbocycles. The first-order chi connectivity index (χ1) is 20.9. The molecule has 0 radical (unpaired) electrons. The molecule has 0 spiro atoms. The average molecular weight is 691 g/mol. The Morgan fingerprint density at radius 3 is 1.55 bits per heavy atom. The Bertz CT molecular complexity index is 1700. The van der Waals surface area contributed by atoms with E-state index in [0.717, 1.165) is 0 Å². The molecule has 10 atom stereocenters. The molecule has 44 heavy (non-hydrogen) atoms. The van der Waals surface area contributed by atoms with E-state index in [4.69, 9.17) is 39.0 Å². The molecule has 4 aromatic heterocycles. The minimum absolute atomic E-state index is 0.101. The quantitative estimate of drug-likeness (QED) is 0.121. The highest BCUT2D eigenvalue weighted by atomic mass is 32.7. The molecule has 4 aromatic rings. The summed E-state index contributed by atoms with van der Waals surface area (Å²) in [7, 11) is 0. The number of hydrogen-bond acceptors (Lipinski definition) is 18. The smallest absolute Gasteiger partial charge is 0.386 e. The van der Waals surface area contributed by atoms with E-state index in [9.17, 15) is 19.3 Å². The Morgan fingerprint density at radius 2 is 1.14 bits per heavy atom. The van der Waals surface area contributed by atoms with Crippen molar-refractivity contribution in [2.45, 2.75) is 49.1 Å². The first-order valence-electron chi connectivity index (χ1n) is 12.8. The summed E-state index contributed by atoms with van der Waals surface area (Å²) < 4.78 is 63.9. The van der Waals surface area contributed by atoms with E-state index in [1.165, 1.54) is 34.4 Å². The molecule has 7 heterocycles. The van der Waals surface area contributed by atoms with Crippen LogP contribution in [0.2, 0.25) is 0 Å². The standard InChI is InChI=1S/C20H24N10O10P2S2/c21-15-9-17(25-3-23-15)29(5-27-9)19-11(31)13-7(37-19)1-35-41(33,43)40-14-8(2-36-42(34,44)39-13)38-20(12(14)32)30-6-28-10-16(22)24-4-26-18(10)30/h3-8,11-14,19-20,31-32H,1-2H2,(H,33,43)(H,34,44)(H2,21,23,25)(H2,22,24,26)/t7-,8-,11+,12+,13?,14?,19-,20-,41+,42+/m1/s1. The van der Waals surface area contributed by atoms with E-state index >= 15 is 0 Å². The molecule has 3 aliphatic rings. The SMILES string of the molecule is Nc1ncnc2c1ncn2[C@@H]1O[C@@H]2CO[P@](=O)(S)OC3[C@@H](CO[P@](=O)(S)OC2[C@@H]1O)O[C@@H](n1cnc2c(N)ncnc21)[C@H]3O. The molecule has 0 saturated carbocycles. The summed E-state index contributed by atoms with van der Waals surface area (Å²) in [5.74, 6) is 0.203. The number of rotatable bonds is 2. The lowest BCUT2D eigenvalue weighted by atomic mass is 10.1. The Morgan fingerprint density at radius 1 is 0.727 bits per heavy atom. The highest BCUT2D eigenvalue weighted by Gasteiger charge is 2.53. The van der Waals surface area contributed by atoms with Crippen LogP contribution in [-0.4, -0.2) is 99.1 Å². The molecule has 3 aliphatic heterocycles. The Balaban J connectivity index is 1.17. The normalized spacial score (nSPS) is 38.3. The van der Waals surface area contributed by atoms with E-state index < -0.39 is 75.9 Å². The van der Waals surface area contributed by atoms with Crippen LogP contribution in [0.25, 0.3) is 22.3 Å². The number of nitrogen functional groups attached to an aromatic ring is 2. The summed E-state index contributed by atoms with van der Waals surface area (Å²) >= 11 is 8.16. The summed E-state index contributed by atoms with van der Waals surface area (Å²) in [5, 5.41) is 22.5. The number of fused-ring (bicyclic) bond motifs is 4. The molecule has 24 heteroatoms. The molecule has 3 saturated heterocycles. The second-order valence-electron chi connectivity index (χ2n) is 9.95. The van der Waals surface area contributed by atoms with E-state index in [2.05, 4.69) is 54.4 Å². The molecule has 7 rings (SSSR count). The first-order valence-corrected chi connectivity index (χ1v) is 18.2. The molecule has 0 bridgehead atoms. The number of anilines is 2. The van der Waals surface area contributed by atoms with Crippen molar-refractivity contribution >= 4 is 72.1 Å². The van der Waals surface area contributed by atoms with Gasteiger partial charge in [0.15, 0.2) is 35.4 Å². The van der Waals surface area contributed by atoms with Crippen LogP contribution in [0.1, 0.15) is 12.5 Å². The van der Waals surface area contributed by atoms with Gasteiger partial charge in [-0.05, 0) is 0 Å². The van der Waals surface area contributed by atoms with Gasteiger partial charge in [-0.25, -0.2) is 39.0 Å². The Hall–Kier alpha value is -2.46. The number of hydrogen-bond donors (Lipinski definition) is 6. The maximum atomic E-state index is 13.4. The van der Waals surface area contributed by atoms with E-state index in [1.807, 2.05) is 0 Å². The number of nitrogens with two attached hydrogens (primary N) is 2. The minimum atomic E-state index is -4.26. The topological polar surface area (TPSA) is 269 Å². The van der Waals surface area contributed by atoms with Crippen LogP contribution < -0.4 is 11.5 Å². The Kier molecular flexibility index (Phi) is 7.63. The van der Waals surface area contributed by atoms with Crippen molar-refractivity contribution in [2.24, 2.45) is 0 Å². The zero-order valence-electron chi connectivity index (χ0n) is 22.0. The third kappa shape index (κ3) is 5.27. The summed E-state index contributed by atoms with van der Waals surface area (Å²) in [6.07, 6.45) is -5.50. The average Bonchev–Trinajstić information content (AvgIpc) is 3.73. The van der Waals surface area contributed by atoms with E-state index in [0.29, 0.717) is 0 Å². The van der Waals surface area contributed by atoms with Gasteiger partial charge < -0.3 is 31.2 Å². The summed E-state index contributed by atoms with van der Waals surface area (Å²) in [6, 6.07) is 0. The molecule has 3 fully saturated rings. The Labute approximate surface area is 256 Å². The molecular formula is C20H24N10O10P2S2. The number of aliphatic hydroxyl groups excluding tert-OH is 2. The second-order valence-corrected chi connectivity index (χ2v) is 15.7. The molecule has 6 N–H and O–H groups in total. The van der Waals surface area contributed by atoms with Crippen LogP contribution in [0.3, 0.4) is 0 Å². The maximum absolute atomic E-state index is 13.4. The van der Waals surface area contributed by atoms with Gasteiger partial charge >= 0.3 is 13.6 Å². The lowest BCUT2D eigenvalue weighted by molar-refractivity contribution is -0.0561. The molecule has 0 amide bonds. The third-order valence-electron chi connectivity index (χ3n) is 7.26. The lowest BCUT2D eigenvalue weighted by Crippen LogP contribution is -2.38. The number of imidazole rings is 2. The van der Waals surface area contributed by atoms with Gasteiger partial charge in [-0.1, -0.05) is 24.5 Å². The zero-order chi connectivity index (χ0) is 31.0. The van der Waals surface area contributed by atoms with Crippen molar-refractivity contribution in [3.05, 3.63) is 25.3 Å². The summed E-state index contributed by atoms with van der Waals surface area (Å²) in [4.78, 5) is 24.4. The maximum Gasteiger partial charge on any atom is 0.386 e. The number of aromatic nitrogens is 8. The third-order valence-corrected chi connectivity index (χ3v) is 10.5. The predicted octanol–water partition coefficient (Wildman–Crippen LogP) is 0.240. The van der Waals surface area contributed by atoms with Gasteiger partial charge in [0.25, 0.3) is 0 Å². The second kappa shape index (κ2) is 11.1. The van der Waals surface area contributed by atoms with Crippen molar-refractivity contribution < 1.29 is 46.9 Å². The first kappa shape index (κ1) is 30.2. The fourth-order valence-electron chi connectivity index (χ4n) is 5.24. The number of ether oxygens (including phenoxy) is 2. The van der Waals surface area contributed by atoms with Gasteiger partial charge in [0.05, 0.1) is 25.9 Å². The van der Waals surface area contributed by atoms with Gasteiger partial charge in [-0.15, -0.1) is 0 Å². The summed E-state index contributed by atoms with van der Waals surface area (Å²) in [6.45, 7) is -9.59.